The van der Waals surface area contributed by atoms with Gasteiger partial charge in [0.1, 0.15) is 12.4 Å². The molecule has 0 saturated carbocycles. The molecule has 0 bridgehead atoms. The maximum Gasteiger partial charge on any atom is 0.275 e. The van der Waals surface area contributed by atoms with Crippen LogP contribution in [0.5, 0.6) is 5.75 Å². The van der Waals surface area contributed by atoms with Gasteiger partial charge in [-0.25, -0.2) is 5.06 Å². The maximum absolute atomic E-state index is 12.0. The van der Waals surface area contributed by atoms with Crippen molar-refractivity contribution in [3.63, 3.8) is 0 Å². The number of benzene rings is 1. The first kappa shape index (κ1) is 17.5. The van der Waals surface area contributed by atoms with E-state index < -0.39 is 0 Å². The van der Waals surface area contributed by atoms with E-state index in [1.807, 2.05) is 18.2 Å². The first-order valence-electron chi connectivity index (χ1n) is 7.91. The van der Waals surface area contributed by atoms with Gasteiger partial charge in [0.25, 0.3) is 5.91 Å². The van der Waals surface area contributed by atoms with E-state index in [2.05, 4.69) is 41.5 Å². The molecular weight excluding hydrogens is 290 g/mol. The monoisotopic (exact) mass is 317 g/mol. The predicted octanol–water partition coefficient (Wildman–Crippen LogP) is 3.77. The van der Waals surface area contributed by atoms with Crippen LogP contribution in [-0.2, 0) is 20.5 Å². The lowest BCUT2D eigenvalue weighted by atomic mass is 9.78. The van der Waals surface area contributed by atoms with Crippen molar-refractivity contribution in [1.82, 2.24) is 5.06 Å². The minimum Gasteiger partial charge on any atom is -0.507 e. The fourth-order valence-electron chi connectivity index (χ4n) is 2.68. The third-order valence-corrected chi connectivity index (χ3v) is 4.06. The minimum absolute atomic E-state index is 0.118. The Morgan fingerprint density at radius 1 is 1.09 bits per heavy atom. The van der Waals surface area contributed by atoms with Crippen LogP contribution in [0, 0.1) is 0 Å². The number of phenols is 1. The van der Waals surface area contributed by atoms with E-state index in [0.29, 0.717) is 11.3 Å². The Morgan fingerprint density at radius 2 is 1.57 bits per heavy atom. The number of carbonyl (C=O) groups excluding carboxylic acids is 1. The van der Waals surface area contributed by atoms with Crippen molar-refractivity contribution in [2.24, 2.45) is 0 Å². The average Bonchev–Trinajstić information content (AvgIpc) is 2.70. The zero-order valence-corrected chi connectivity index (χ0v) is 15.2. The summed E-state index contributed by atoms with van der Waals surface area (Å²) in [6.07, 6.45) is 1.86. The highest BCUT2D eigenvalue weighted by Gasteiger charge is 2.28. The van der Waals surface area contributed by atoms with Crippen LogP contribution in [0.2, 0.25) is 0 Å². The Balaban J connectivity index is 2.62. The van der Waals surface area contributed by atoms with E-state index in [9.17, 15) is 9.90 Å². The molecule has 1 amide bonds. The van der Waals surface area contributed by atoms with Gasteiger partial charge in [0.15, 0.2) is 0 Å². The first-order valence-corrected chi connectivity index (χ1v) is 7.91. The van der Waals surface area contributed by atoms with Crippen LogP contribution >= 0.6 is 0 Å². The Kier molecular flexibility index (Phi) is 4.33. The van der Waals surface area contributed by atoms with Gasteiger partial charge in [0.2, 0.25) is 0 Å². The fraction of sp³-hybridized carbons (Fsp3) is 0.526. The molecule has 1 saturated heterocycles. The molecule has 1 aromatic carbocycles. The maximum atomic E-state index is 12.0. The zero-order valence-electron chi connectivity index (χ0n) is 15.2. The molecule has 1 aliphatic heterocycles. The molecule has 2 rings (SSSR count). The van der Waals surface area contributed by atoms with Crippen molar-refractivity contribution in [2.45, 2.75) is 52.4 Å². The number of carbonyl (C=O) groups is 1. The van der Waals surface area contributed by atoms with Crippen molar-refractivity contribution < 1.29 is 14.7 Å². The predicted molar refractivity (Wildman–Crippen MR) is 92.2 cm³/mol. The highest BCUT2D eigenvalue weighted by atomic mass is 16.7. The number of rotatable bonds is 1. The zero-order chi connectivity index (χ0) is 17.6. The lowest BCUT2D eigenvalue weighted by molar-refractivity contribution is -0.154. The van der Waals surface area contributed by atoms with E-state index in [1.165, 1.54) is 5.06 Å². The highest BCUT2D eigenvalue weighted by Crippen LogP contribution is 2.40. The molecule has 1 aliphatic rings. The van der Waals surface area contributed by atoms with Gasteiger partial charge in [-0.2, -0.15) is 0 Å². The summed E-state index contributed by atoms with van der Waals surface area (Å²) in [5.41, 5.74) is 2.93. The van der Waals surface area contributed by atoms with Gasteiger partial charge < -0.3 is 5.11 Å². The van der Waals surface area contributed by atoms with E-state index in [1.54, 1.807) is 7.05 Å². The average molecular weight is 317 g/mol. The highest BCUT2D eigenvalue weighted by molar-refractivity contribution is 5.98. The Hall–Kier alpha value is -1.81. The smallest absolute Gasteiger partial charge is 0.275 e. The summed E-state index contributed by atoms with van der Waals surface area (Å²) >= 11 is 0. The Morgan fingerprint density at radius 3 is 1.91 bits per heavy atom. The van der Waals surface area contributed by atoms with Crippen LogP contribution in [0.25, 0.3) is 6.08 Å². The number of likely N-dealkylation sites (N-methyl/N-ethyl adjacent to an activating group) is 1. The summed E-state index contributed by atoms with van der Waals surface area (Å²) in [6.45, 7) is 12.7. The van der Waals surface area contributed by atoms with Crippen LogP contribution < -0.4 is 0 Å². The fourth-order valence-corrected chi connectivity index (χ4v) is 2.68. The molecule has 23 heavy (non-hydrogen) atoms. The minimum atomic E-state index is -0.189. The molecular formula is C19H27NO3. The first-order chi connectivity index (χ1) is 10.4. The van der Waals surface area contributed by atoms with Gasteiger partial charge >= 0.3 is 0 Å². The summed E-state index contributed by atoms with van der Waals surface area (Å²) in [6, 6.07) is 3.92. The number of hydrogen-bond acceptors (Lipinski definition) is 3. The molecule has 0 aromatic heterocycles. The molecule has 0 radical (unpaired) electrons. The number of aromatic hydroxyl groups is 1. The Labute approximate surface area is 138 Å². The lowest BCUT2D eigenvalue weighted by Gasteiger charge is -2.28. The second-order valence-corrected chi connectivity index (χ2v) is 8.21. The van der Waals surface area contributed by atoms with Crippen molar-refractivity contribution >= 4 is 12.0 Å². The number of nitrogens with zero attached hydrogens (tertiary/aromatic N) is 1. The largest absolute Gasteiger partial charge is 0.507 e. The second kappa shape index (κ2) is 5.68. The summed E-state index contributed by atoms with van der Waals surface area (Å²) in [7, 11) is 1.61. The SMILES string of the molecule is CN1OCC(=Cc2cc(C(C)(C)C)c(O)c(C(C)(C)C)c2)C1=O. The molecule has 4 nitrogen and oxygen atoms in total. The van der Waals surface area contributed by atoms with Crippen molar-refractivity contribution in [2.75, 3.05) is 13.7 Å². The van der Waals surface area contributed by atoms with Crippen LogP contribution in [-0.4, -0.2) is 29.7 Å². The molecule has 1 aromatic rings. The van der Waals surface area contributed by atoms with E-state index >= 15 is 0 Å². The summed E-state index contributed by atoms with van der Waals surface area (Å²) < 4.78 is 0. The standard InChI is InChI=1S/C19H27NO3/c1-18(2,3)14-9-12(8-13-11-23-20(7)17(13)22)10-15(16(14)21)19(4,5)6/h8-10,21H,11H2,1-7H3. The van der Waals surface area contributed by atoms with Gasteiger partial charge in [0, 0.05) is 23.7 Å². The van der Waals surface area contributed by atoms with Gasteiger partial charge in [-0.3, -0.25) is 9.63 Å². The van der Waals surface area contributed by atoms with Gasteiger partial charge in [-0.15, -0.1) is 0 Å². The van der Waals surface area contributed by atoms with Crippen molar-refractivity contribution in [3.8, 4) is 5.75 Å². The number of amides is 1. The molecule has 1 N–H and O–H groups in total. The van der Waals surface area contributed by atoms with E-state index in [-0.39, 0.29) is 23.3 Å². The molecule has 1 heterocycles. The van der Waals surface area contributed by atoms with Crippen molar-refractivity contribution in [3.05, 3.63) is 34.4 Å². The van der Waals surface area contributed by atoms with Crippen LogP contribution in [0.1, 0.15) is 58.2 Å². The molecule has 4 heteroatoms. The number of hydrogen-bond donors (Lipinski definition) is 1. The summed E-state index contributed by atoms with van der Waals surface area (Å²) in [5, 5.41) is 12.0. The third kappa shape index (κ3) is 3.58. The van der Waals surface area contributed by atoms with Crippen molar-refractivity contribution in [1.29, 1.82) is 0 Å². The third-order valence-electron chi connectivity index (χ3n) is 4.06. The molecule has 0 atom stereocenters. The van der Waals surface area contributed by atoms with E-state index in [4.69, 9.17) is 4.84 Å². The van der Waals surface area contributed by atoms with Gasteiger partial charge in [-0.05, 0) is 34.6 Å². The topological polar surface area (TPSA) is 49.8 Å². The quantitative estimate of drug-likeness (QED) is 0.802. The number of hydroxylamine groups is 2. The van der Waals surface area contributed by atoms with Gasteiger partial charge in [-0.1, -0.05) is 41.5 Å². The molecule has 1 fully saturated rings. The molecule has 0 spiro atoms. The normalized spacial score (nSPS) is 18.1. The second-order valence-electron chi connectivity index (χ2n) is 8.21. The van der Waals surface area contributed by atoms with Crippen LogP contribution in [0.15, 0.2) is 17.7 Å². The van der Waals surface area contributed by atoms with Crippen LogP contribution in [0.3, 0.4) is 0 Å². The number of phenolic OH excluding ortho intramolecular Hbond substituents is 1. The van der Waals surface area contributed by atoms with E-state index in [0.717, 1.165) is 16.7 Å². The summed E-state index contributed by atoms with van der Waals surface area (Å²) in [5.74, 6) is 0.228. The summed E-state index contributed by atoms with van der Waals surface area (Å²) in [4.78, 5) is 17.3. The van der Waals surface area contributed by atoms with Gasteiger partial charge in [0.05, 0.1) is 0 Å². The molecule has 0 unspecified atom stereocenters. The molecule has 126 valence electrons. The lowest BCUT2D eigenvalue weighted by Crippen LogP contribution is -2.18. The van der Waals surface area contributed by atoms with Crippen LogP contribution in [0.4, 0.5) is 0 Å². The Bertz CT molecular complexity index is 625. The molecule has 0 aliphatic carbocycles.